The van der Waals surface area contributed by atoms with E-state index < -0.39 is 10.0 Å². The SMILES string of the molecule is Cc1ccc(C)c(S(=O)(=O)Nc2cccc3ccccc23)c1. The number of benzene rings is 3. The molecule has 1 N–H and O–H groups in total. The molecule has 22 heavy (non-hydrogen) atoms. The van der Waals surface area contributed by atoms with Crippen LogP contribution in [-0.2, 0) is 10.0 Å². The summed E-state index contributed by atoms with van der Waals surface area (Å²) in [7, 11) is -3.61. The minimum atomic E-state index is -3.61. The van der Waals surface area contributed by atoms with Gasteiger partial charge in [-0.3, -0.25) is 4.72 Å². The van der Waals surface area contributed by atoms with E-state index in [1.807, 2.05) is 55.5 Å². The second-order valence-corrected chi connectivity index (χ2v) is 7.05. The van der Waals surface area contributed by atoms with Crippen LogP contribution in [0.25, 0.3) is 10.8 Å². The smallest absolute Gasteiger partial charge is 0.262 e. The van der Waals surface area contributed by atoms with Crippen molar-refractivity contribution in [3.8, 4) is 0 Å². The highest BCUT2D eigenvalue weighted by molar-refractivity contribution is 7.92. The Hall–Kier alpha value is -2.33. The number of rotatable bonds is 3. The van der Waals surface area contributed by atoms with Crippen molar-refractivity contribution in [3.63, 3.8) is 0 Å². The van der Waals surface area contributed by atoms with Crippen LogP contribution in [-0.4, -0.2) is 8.42 Å². The second kappa shape index (κ2) is 5.46. The first-order chi connectivity index (χ1) is 10.5. The standard InChI is InChI=1S/C18H17NO2S/c1-13-10-11-14(2)18(12-13)22(20,21)19-17-9-5-7-15-6-3-4-8-16(15)17/h3-12,19H,1-2H3. The van der Waals surface area contributed by atoms with Crippen molar-refractivity contribution in [2.45, 2.75) is 18.7 Å². The van der Waals surface area contributed by atoms with Gasteiger partial charge in [0.1, 0.15) is 0 Å². The molecule has 0 atom stereocenters. The van der Waals surface area contributed by atoms with Gasteiger partial charge in [0.25, 0.3) is 10.0 Å². The summed E-state index contributed by atoms with van der Waals surface area (Å²) >= 11 is 0. The van der Waals surface area contributed by atoms with E-state index in [0.717, 1.165) is 21.9 Å². The predicted molar refractivity (Wildman–Crippen MR) is 90.7 cm³/mol. The lowest BCUT2D eigenvalue weighted by Crippen LogP contribution is -2.14. The van der Waals surface area contributed by atoms with Crippen molar-refractivity contribution in [1.82, 2.24) is 0 Å². The molecule has 0 aromatic heterocycles. The van der Waals surface area contributed by atoms with E-state index in [-0.39, 0.29) is 0 Å². The molecular weight excluding hydrogens is 294 g/mol. The summed E-state index contributed by atoms with van der Waals surface area (Å²) in [5.41, 5.74) is 2.25. The summed E-state index contributed by atoms with van der Waals surface area (Å²) in [5.74, 6) is 0. The first-order valence-corrected chi connectivity index (χ1v) is 8.53. The molecule has 112 valence electrons. The van der Waals surface area contributed by atoms with E-state index >= 15 is 0 Å². The highest BCUT2D eigenvalue weighted by atomic mass is 32.2. The Morgan fingerprint density at radius 1 is 0.864 bits per heavy atom. The molecule has 0 saturated heterocycles. The van der Waals surface area contributed by atoms with Gasteiger partial charge in [0.15, 0.2) is 0 Å². The van der Waals surface area contributed by atoms with Crippen molar-refractivity contribution >= 4 is 26.5 Å². The average Bonchev–Trinajstić information content (AvgIpc) is 2.50. The molecule has 0 aliphatic heterocycles. The fourth-order valence-corrected chi connectivity index (χ4v) is 3.92. The first-order valence-electron chi connectivity index (χ1n) is 7.05. The molecule has 3 aromatic rings. The van der Waals surface area contributed by atoms with Crippen molar-refractivity contribution < 1.29 is 8.42 Å². The van der Waals surface area contributed by atoms with Crippen molar-refractivity contribution in [3.05, 3.63) is 71.8 Å². The normalized spacial score (nSPS) is 11.5. The molecule has 0 aliphatic carbocycles. The molecule has 0 bridgehead atoms. The fraction of sp³-hybridized carbons (Fsp3) is 0.111. The number of aryl methyl sites for hydroxylation is 2. The number of hydrogen-bond donors (Lipinski definition) is 1. The average molecular weight is 311 g/mol. The molecule has 0 saturated carbocycles. The van der Waals surface area contributed by atoms with E-state index in [1.54, 1.807) is 19.1 Å². The first kappa shape index (κ1) is 14.6. The van der Waals surface area contributed by atoms with Gasteiger partial charge >= 0.3 is 0 Å². The minimum absolute atomic E-state index is 0.320. The van der Waals surface area contributed by atoms with Crippen LogP contribution in [0.4, 0.5) is 5.69 Å². The third-order valence-corrected chi connectivity index (χ3v) is 5.17. The Morgan fingerprint density at radius 3 is 2.41 bits per heavy atom. The van der Waals surface area contributed by atoms with Gasteiger partial charge in [-0.15, -0.1) is 0 Å². The predicted octanol–water partition coefficient (Wildman–Crippen LogP) is 4.26. The lowest BCUT2D eigenvalue weighted by atomic mass is 10.1. The molecule has 0 aliphatic rings. The molecule has 4 heteroatoms. The third-order valence-electron chi connectivity index (χ3n) is 3.67. The van der Waals surface area contributed by atoms with E-state index in [4.69, 9.17) is 0 Å². The lowest BCUT2D eigenvalue weighted by Gasteiger charge is -2.13. The van der Waals surface area contributed by atoms with E-state index in [9.17, 15) is 8.42 Å². The summed E-state index contributed by atoms with van der Waals surface area (Å²) in [5, 5.41) is 1.89. The maximum Gasteiger partial charge on any atom is 0.262 e. The molecule has 0 amide bonds. The molecule has 0 spiro atoms. The summed E-state index contributed by atoms with van der Waals surface area (Å²) in [4.78, 5) is 0.320. The van der Waals surface area contributed by atoms with Gasteiger partial charge in [0, 0.05) is 5.39 Å². The van der Waals surface area contributed by atoms with Gasteiger partial charge in [0.2, 0.25) is 0 Å². The van der Waals surface area contributed by atoms with E-state index in [0.29, 0.717) is 10.6 Å². The third kappa shape index (κ3) is 2.70. The number of nitrogens with one attached hydrogen (secondary N) is 1. The maximum absolute atomic E-state index is 12.7. The van der Waals surface area contributed by atoms with E-state index in [1.165, 1.54) is 0 Å². The Labute approximate surface area is 130 Å². The van der Waals surface area contributed by atoms with Crippen LogP contribution in [0, 0.1) is 13.8 Å². The number of hydrogen-bond acceptors (Lipinski definition) is 2. The molecule has 0 unspecified atom stereocenters. The number of fused-ring (bicyclic) bond motifs is 1. The number of anilines is 1. The quantitative estimate of drug-likeness (QED) is 0.785. The van der Waals surface area contributed by atoms with Crippen LogP contribution in [0.1, 0.15) is 11.1 Å². The zero-order chi connectivity index (χ0) is 15.7. The molecule has 0 radical (unpaired) electrons. The highest BCUT2D eigenvalue weighted by Gasteiger charge is 2.18. The lowest BCUT2D eigenvalue weighted by molar-refractivity contribution is 0.600. The molecule has 0 fully saturated rings. The molecule has 3 nitrogen and oxygen atoms in total. The van der Waals surface area contributed by atoms with Gasteiger partial charge in [-0.2, -0.15) is 0 Å². The number of sulfonamides is 1. The van der Waals surface area contributed by atoms with Crippen LogP contribution in [0.5, 0.6) is 0 Å². The summed E-state index contributed by atoms with van der Waals surface area (Å²) in [6.45, 7) is 3.69. The minimum Gasteiger partial charge on any atom is -0.279 e. The zero-order valence-corrected chi connectivity index (χ0v) is 13.3. The van der Waals surface area contributed by atoms with E-state index in [2.05, 4.69) is 4.72 Å². The Balaban J connectivity index is 2.09. The second-order valence-electron chi connectivity index (χ2n) is 5.40. The van der Waals surface area contributed by atoms with Crippen molar-refractivity contribution in [2.24, 2.45) is 0 Å². The maximum atomic E-state index is 12.7. The van der Waals surface area contributed by atoms with Crippen LogP contribution in [0.3, 0.4) is 0 Å². The van der Waals surface area contributed by atoms with Crippen molar-refractivity contribution in [1.29, 1.82) is 0 Å². The zero-order valence-electron chi connectivity index (χ0n) is 12.5. The Kier molecular flexibility index (Phi) is 3.62. The summed E-state index contributed by atoms with van der Waals surface area (Å²) in [6.07, 6.45) is 0. The fourth-order valence-electron chi connectivity index (χ4n) is 2.51. The van der Waals surface area contributed by atoms with Crippen LogP contribution < -0.4 is 4.72 Å². The molecule has 3 aromatic carbocycles. The topological polar surface area (TPSA) is 46.2 Å². The van der Waals surface area contributed by atoms with Gasteiger partial charge in [0.05, 0.1) is 10.6 Å². The van der Waals surface area contributed by atoms with Crippen LogP contribution >= 0.6 is 0 Å². The summed E-state index contributed by atoms with van der Waals surface area (Å²) in [6, 6.07) is 18.7. The van der Waals surface area contributed by atoms with Gasteiger partial charge in [-0.1, -0.05) is 48.5 Å². The van der Waals surface area contributed by atoms with Gasteiger partial charge < -0.3 is 0 Å². The van der Waals surface area contributed by atoms with Crippen LogP contribution in [0.2, 0.25) is 0 Å². The van der Waals surface area contributed by atoms with Crippen LogP contribution in [0.15, 0.2) is 65.6 Å². The molecule has 0 heterocycles. The highest BCUT2D eigenvalue weighted by Crippen LogP contribution is 2.26. The Morgan fingerprint density at radius 2 is 1.59 bits per heavy atom. The van der Waals surface area contributed by atoms with Gasteiger partial charge in [-0.05, 0) is 42.5 Å². The summed E-state index contributed by atoms with van der Waals surface area (Å²) < 4.78 is 28.1. The monoisotopic (exact) mass is 311 g/mol. The van der Waals surface area contributed by atoms with Gasteiger partial charge in [-0.25, -0.2) is 8.42 Å². The largest absolute Gasteiger partial charge is 0.279 e. The molecular formula is C18H17NO2S. The van der Waals surface area contributed by atoms with Crippen molar-refractivity contribution in [2.75, 3.05) is 4.72 Å². The Bertz CT molecular complexity index is 941. The molecule has 3 rings (SSSR count).